The zero-order chi connectivity index (χ0) is 12.1. The lowest BCUT2D eigenvalue weighted by Gasteiger charge is -2.11. The lowest BCUT2D eigenvalue weighted by molar-refractivity contribution is -0.137. The number of rotatable bonds is 4. The zero-order valence-corrected chi connectivity index (χ0v) is 9.10. The number of hydrogen-bond acceptors (Lipinski definition) is 4. The number of aliphatic carboxylic acids is 1. The smallest absolute Gasteiger partial charge is 0.305 e. The van der Waals surface area contributed by atoms with Gasteiger partial charge in [-0.15, -0.1) is 0 Å². The zero-order valence-electron chi connectivity index (χ0n) is 9.10. The lowest BCUT2D eigenvalue weighted by Crippen LogP contribution is -2.34. The number of carboxylic acid groups (broad SMARTS) is 1. The maximum absolute atomic E-state index is 11.7. The Morgan fingerprint density at radius 1 is 1.56 bits per heavy atom. The van der Waals surface area contributed by atoms with Crippen LogP contribution in [0.5, 0.6) is 0 Å². The van der Waals surface area contributed by atoms with Crippen LogP contribution < -0.4 is 5.32 Å². The Bertz CT molecular complexity index is 406. The Morgan fingerprint density at radius 2 is 2.25 bits per heavy atom. The maximum atomic E-state index is 11.7. The molecule has 1 heterocycles. The summed E-state index contributed by atoms with van der Waals surface area (Å²) in [5, 5.41) is 11.1. The molecule has 2 N–H and O–H groups in total. The molecule has 86 valence electrons. The molecule has 0 aromatic carbocycles. The van der Waals surface area contributed by atoms with Gasteiger partial charge in [0.1, 0.15) is 6.33 Å². The Kier molecular flexibility index (Phi) is 3.93. The molecule has 6 nitrogen and oxygen atoms in total. The fourth-order valence-corrected chi connectivity index (χ4v) is 1.23. The van der Waals surface area contributed by atoms with Gasteiger partial charge in [0.25, 0.3) is 5.91 Å². The van der Waals surface area contributed by atoms with Gasteiger partial charge in [0.05, 0.1) is 17.7 Å². The average Bonchev–Trinajstić information content (AvgIpc) is 2.16. The van der Waals surface area contributed by atoms with Gasteiger partial charge in [0, 0.05) is 12.2 Å². The summed E-state index contributed by atoms with van der Waals surface area (Å²) < 4.78 is 0. The minimum absolute atomic E-state index is 0.113. The topological polar surface area (TPSA) is 92.2 Å². The van der Waals surface area contributed by atoms with Crippen molar-refractivity contribution in [2.75, 3.05) is 0 Å². The van der Waals surface area contributed by atoms with Gasteiger partial charge in [-0.1, -0.05) is 0 Å². The van der Waals surface area contributed by atoms with E-state index in [9.17, 15) is 9.59 Å². The van der Waals surface area contributed by atoms with E-state index in [4.69, 9.17) is 5.11 Å². The van der Waals surface area contributed by atoms with E-state index in [-0.39, 0.29) is 12.3 Å². The Morgan fingerprint density at radius 3 is 2.81 bits per heavy atom. The third-order valence-corrected chi connectivity index (χ3v) is 2.01. The van der Waals surface area contributed by atoms with Gasteiger partial charge >= 0.3 is 5.97 Å². The van der Waals surface area contributed by atoms with Gasteiger partial charge in [0.15, 0.2) is 0 Å². The molecule has 0 fully saturated rings. The number of aryl methyl sites for hydroxylation is 1. The second-order valence-electron chi connectivity index (χ2n) is 3.49. The number of carbonyl (C=O) groups excluding carboxylic acids is 1. The molecule has 1 rings (SSSR count). The summed E-state index contributed by atoms with van der Waals surface area (Å²) in [6.45, 7) is 3.32. The van der Waals surface area contributed by atoms with Crippen LogP contribution in [0.4, 0.5) is 0 Å². The normalized spacial score (nSPS) is 11.9. The quantitative estimate of drug-likeness (QED) is 0.769. The predicted octanol–water partition coefficient (Wildman–Crippen LogP) is 0.378. The Labute approximate surface area is 92.7 Å². The van der Waals surface area contributed by atoms with Crippen LogP contribution in [0, 0.1) is 6.92 Å². The fraction of sp³-hybridized carbons (Fsp3) is 0.400. The molecular weight excluding hydrogens is 210 g/mol. The molecule has 1 aromatic rings. The lowest BCUT2D eigenvalue weighted by atomic mass is 10.2. The molecule has 6 heteroatoms. The van der Waals surface area contributed by atoms with E-state index in [0.29, 0.717) is 11.3 Å². The number of carboxylic acids is 1. The molecule has 0 radical (unpaired) electrons. The second kappa shape index (κ2) is 5.20. The summed E-state index contributed by atoms with van der Waals surface area (Å²) in [6.07, 6.45) is 2.65. The highest BCUT2D eigenvalue weighted by Crippen LogP contribution is 2.02. The molecule has 0 aliphatic rings. The van der Waals surface area contributed by atoms with Gasteiger partial charge in [0.2, 0.25) is 0 Å². The predicted molar refractivity (Wildman–Crippen MR) is 56.0 cm³/mol. The molecule has 1 amide bonds. The highest BCUT2D eigenvalue weighted by atomic mass is 16.4. The van der Waals surface area contributed by atoms with Gasteiger partial charge in [-0.05, 0) is 13.8 Å². The number of hydrogen-bond donors (Lipinski definition) is 2. The van der Waals surface area contributed by atoms with E-state index < -0.39 is 12.0 Å². The minimum atomic E-state index is -0.950. The van der Waals surface area contributed by atoms with Crippen molar-refractivity contribution in [3.63, 3.8) is 0 Å². The van der Waals surface area contributed by atoms with Crippen molar-refractivity contribution in [3.8, 4) is 0 Å². The summed E-state index contributed by atoms with van der Waals surface area (Å²) in [4.78, 5) is 29.7. The first-order valence-corrected chi connectivity index (χ1v) is 4.80. The second-order valence-corrected chi connectivity index (χ2v) is 3.49. The van der Waals surface area contributed by atoms with Gasteiger partial charge < -0.3 is 10.4 Å². The van der Waals surface area contributed by atoms with E-state index >= 15 is 0 Å². The summed E-state index contributed by atoms with van der Waals surface area (Å²) >= 11 is 0. The van der Waals surface area contributed by atoms with Crippen molar-refractivity contribution in [2.24, 2.45) is 0 Å². The summed E-state index contributed by atoms with van der Waals surface area (Å²) in [7, 11) is 0. The van der Waals surface area contributed by atoms with Crippen LogP contribution in [-0.4, -0.2) is 33.0 Å². The molecule has 0 spiro atoms. The van der Waals surface area contributed by atoms with Crippen molar-refractivity contribution in [3.05, 3.63) is 23.8 Å². The van der Waals surface area contributed by atoms with Crippen molar-refractivity contribution >= 4 is 11.9 Å². The van der Waals surface area contributed by atoms with Crippen molar-refractivity contribution in [2.45, 2.75) is 26.3 Å². The van der Waals surface area contributed by atoms with Crippen molar-refractivity contribution in [1.82, 2.24) is 15.3 Å². The summed E-state index contributed by atoms with van der Waals surface area (Å²) in [5.74, 6) is -1.30. The Balaban J connectivity index is 2.66. The molecule has 0 saturated heterocycles. The number of nitrogens with zero attached hydrogens (tertiary/aromatic N) is 2. The van der Waals surface area contributed by atoms with E-state index in [1.54, 1.807) is 13.8 Å². The van der Waals surface area contributed by atoms with Gasteiger partial charge in [-0.2, -0.15) is 0 Å². The summed E-state index contributed by atoms with van der Waals surface area (Å²) in [6, 6.07) is -0.426. The third-order valence-electron chi connectivity index (χ3n) is 2.01. The highest BCUT2D eigenvalue weighted by molar-refractivity contribution is 5.95. The van der Waals surface area contributed by atoms with Crippen molar-refractivity contribution < 1.29 is 14.7 Å². The van der Waals surface area contributed by atoms with E-state index in [1.165, 1.54) is 12.5 Å². The molecule has 0 saturated carbocycles. The highest BCUT2D eigenvalue weighted by Gasteiger charge is 2.14. The molecule has 0 bridgehead atoms. The molecule has 1 aromatic heterocycles. The number of carbonyl (C=O) groups is 2. The molecule has 16 heavy (non-hydrogen) atoms. The molecule has 0 aliphatic heterocycles. The number of nitrogens with one attached hydrogen (secondary N) is 1. The van der Waals surface area contributed by atoms with Crippen LogP contribution in [0.1, 0.15) is 29.4 Å². The fourth-order valence-electron chi connectivity index (χ4n) is 1.23. The van der Waals surface area contributed by atoms with Crippen LogP contribution in [0.15, 0.2) is 12.5 Å². The summed E-state index contributed by atoms with van der Waals surface area (Å²) in [5.41, 5.74) is 0.926. The largest absolute Gasteiger partial charge is 0.481 e. The SMILES string of the molecule is Cc1ncncc1C(=O)NC(C)CC(=O)O. The van der Waals surface area contributed by atoms with Crippen LogP contribution in [-0.2, 0) is 4.79 Å². The first-order valence-electron chi connectivity index (χ1n) is 4.80. The monoisotopic (exact) mass is 223 g/mol. The average molecular weight is 223 g/mol. The first-order chi connectivity index (χ1) is 7.50. The van der Waals surface area contributed by atoms with Gasteiger partial charge in [-0.3, -0.25) is 9.59 Å². The molecule has 0 aliphatic carbocycles. The third kappa shape index (κ3) is 3.30. The molecule has 1 atom stereocenters. The Hall–Kier alpha value is -1.98. The minimum Gasteiger partial charge on any atom is -0.481 e. The maximum Gasteiger partial charge on any atom is 0.305 e. The van der Waals surface area contributed by atoms with E-state index in [0.717, 1.165) is 0 Å². The van der Waals surface area contributed by atoms with E-state index in [1.807, 2.05) is 0 Å². The number of aromatic nitrogens is 2. The van der Waals surface area contributed by atoms with Crippen LogP contribution in [0.25, 0.3) is 0 Å². The van der Waals surface area contributed by atoms with Gasteiger partial charge in [-0.25, -0.2) is 9.97 Å². The number of amides is 1. The first kappa shape index (κ1) is 12.1. The van der Waals surface area contributed by atoms with Crippen LogP contribution in [0.3, 0.4) is 0 Å². The van der Waals surface area contributed by atoms with E-state index in [2.05, 4.69) is 15.3 Å². The van der Waals surface area contributed by atoms with Crippen LogP contribution >= 0.6 is 0 Å². The van der Waals surface area contributed by atoms with Crippen molar-refractivity contribution in [1.29, 1.82) is 0 Å². The molecule has 1 unspecified atom stereocenters. The molecular formula is C10H13N3O3. The standard InChI is InChI=1S/C10H13N3O3/c1-6(3-9(14)15)13-10(16)8-4-11-5-12-7(8)2/h4-6H,3H2,1-2H3,(H,13,16)(H,14,15). The van der Waals surface area contributed by atoms with Crippen LogP contribution in [0.2, 0.25) is 0 Å².